The average molecular weight is 1030 g/mol. The van der Waals surface area contributed by atoms with Crippen LogP contribution < -0.4 is 5.32 Å². The van der Waals surface area contributed by atoms with Crippen LogP contribution in [0.2, 0.25) is 0 Å². The maximum absolute atomic E-state index is 13.2. The Bertz CT molecular complexity index is 1560. The molecule has 0 aliphatic carbocycles. The second-order valence-electron chi connectivity index (χ2n) is 18.9. The van der Waals surface area contributed by atoms with E-state index in [2.05, 4.69) is 67.8 Å². The predicted molar refractivity (Wildman–Crippen MR) is 268 cm³/mol. The molecule has 17 atom stereocenters. The van der Waals surface area contributed by atoms with Gasteiger partial charge in [-0.05, 0) is 64.2 Å². The van der Waals surface area contributed by atoms with Crippen molar-refractivity contribution in [2.45, 2.75) is 240 Å². The molecule has 0 spiro atoms. The van der Waals surface area contributed by atoms with E-state index < -0.39 is 124 Å². The smallest absolute Gasteiger partial charge is 0.220 e. The molecule has 72 heavy (non-hydrogen) atoms. The van der Waals surface area contributed by atoms with Gasteiger partial charge in [0.1, 0.15) is 73.2 Å². The highest BCUT2D eigenvalue weighted by Crippen LogP contribution is 2.33. The molecule has 1 amide bonds. The Labute approximate surface area is 426 Å². The zero-order valence-electron chi connectivity index (χ0n) is 42.6. The minimum absolute atomic E-state index is 0.221. The van der Waals surface area contributed by atoms with Crippen molar-refractivity contribution in [3.8, 4) is 0 Å². The molecule has 19 heteroatoms. The van der Waals surface area contributed by atoms with E-state index in [1.54, 1.807) is 6.08 Å². The molecular formula is C53H91NO18. The number of carbonyl (C=O) groups is 1. The standard InChI is InChI=1S/C53H91NO18/c1-3-5-7-9-11-13-15-16-17-18-19-20-21-23-25-27-29-31-41(59)54-36(37(58)30-28-26-24-22-14-12-10-8-6-4-2)35-67-51-47(65)44(62)49(39(33-56)69-51)72-53-48(66)45(63)50(40(34-57)70-53)71-52-46(64)43(61)42(60)38(32-55)68-52/h5,7,11,13-14,16-17,22,28,30,36-40,42-53,55-58,60-66H,3-4,6,8-10,12,15,18-21,23-27,29,31-35H2,1-2H3,(H,54,59)/b7-5-,13-11-,17-16-,22-14+,30-28+. The molecule has 0 radical (unpaired) electrons. The lowest BCUT2D eigenvalue weighted by Crippen LogP contribution is -2.66. The summed E-state index contributed by atoms with van der Waals surface area (Å²) in [7, 11) is 0. The molecule has 17 unspecified atom stereocenters. The van der Waals surface area contributed by atoms with Crippen molar-refractivity contribution < 1.29 is 89.4 Å². The van der Waals surface area contributed by atoms with Crippen LogP contribution in [0.25, 0.3) is 0 Å². The predicted octanol–water partition coefficient (Wildman–Crippen LogP) is 2.53. The van der Waals surface area contributed by atoms with E-state index in [0.717, 1.165) is 83.5 Å². The van der Waals surface area contributed by atoms with E-state index in [1.165, 1.54) is 19.3 Å². The summed E-state index contributed by atoms with van der Waals surface area (Å²) in [6, 6.07) is -0.994. The highest BCUT2D eigenvalue weighted by Gasteiger charge is 2.53. The molecule has 0 aromatic heterocycles. The van der Waals surface area contributed by atoms with Crippen LogP contribution in [-0.4, -0.2) is 193 Å². The molecule has 3 saturated heterocycles. The minimum atomic E-state index is -1.98. The van der Waals surface area contributed by atoms with E-state index in [1.807, 2.05) is 6.08 Å². The molecule has 3 aliphatic rings. The van der Waals surface area contributed by atoms with Gasteiger partial charge < -0.3 is 89.9 Å². The molecule has 0 aromatic carbocycles. The number of aliphatic hydroxyl groups excluding tert-OH is 11. The molecule has 416 valence electrons. The van der Waals surface area contributed by atoms with Gasteiger partial charge in [0, 0.05) is 6.42 Å². The van der Waals surface area contributed by atoms with E-state index in [-0.39, 0.29) is 18.9 Å². The van der Waals surface area contributed by atoms with Crippen molar-refractivity contribution in [3.05, 3.63) is 60.8 Å². The van der Waals surface area contributed by atoms with Crippen LogP contribution in [0.5, 0.6) is 0 Å². The maximum Gasteiger partial charge on any atom is 0.220 e. The molecule has 3 heterocycles. The molecule has 19 nitrogen and oxygen atoms in total. The lowest BCUT2D eigenvalue weighted by atomic mass is 9.96. The molecule has 12 N–H and O–H groups in total. The summed E-state index contributed by atoms with van der Waals surface area (Å²) < 4.78 is 34.1. The first-order valence-electron chi connectivity index (χ1n) is 26.5. The first-order valence-corrected chi connectivity index (χ1v) is 26.5. The van der Waals surface area contributed by atoms with Crippen LogP contribution in [-0.2, 0) is 33.2 Å². The normalized spacial score (nSPS) is 32.5. The van der Waals surface area contributed by atoms with Crippen LogP contribution in [0.4, 0.5) is 0 Å². The SMILES string of the molecule is CC/C=C\C/C=C\C/C=C\CCCCCCCCCC(=O)NC(COC1OC(CO)C(OC2OC(CO)C(OC3OC(CO)C(O)C(O)C3O)C(O)C2O)C(O)C1O)C(O)/C=C/CC/C=C/CCCCCC. The summed E-state index contributed by atoms with van der Waals surface area (Å²) in [6.07, 6.45) is 12.3. The number of nitrogens with one attached hydrogen (secondary N) is 1. The number of unbranched alkanes of at least 4 members (excludes halogenated alkanes) is 12. The third-order valence-corrected chi connectivity index (χ3v) is 13.0. The highest BCUT2D eigenvalue weighted by atomic mass is 16.8. The van der Waals surface area contributed by atoms with Crippen LogP contribution >= 0.6 is 0 Å². The third-order valence-electron chi connectivity index (χ3n) is 13.0. The van der Waals surface area contributed by atoms with Gasteiger partial charge in [0.2, 0.25) is 5.91 Å². The number of amides is 1. The summed E-state index contributed by atoms with van der Waals surface area (Å²) in [5, 5.41) is 120. The Morgan fingerprint density at radius 1 is 0.514 bits per heavy atom. The summed E-state index contributed by atoms with van der Waals surface area (Å²) in [5.74, 6) is -0.303. The molecule has 0 aromatic rings. The molecule has 3 rings (SSSR count). The summed E-state index contributed by atoms with van der Waals surface area (Å²) in [4.78, 5) is 13.2. The van der Waals surface area contributed by atoms with Gasteiger partial charge in [-0.15, -0.1) is 0 Å². The number of carbonyl (C=O) groups excluding carboxylic acids is 1. The van der Waals surface area contributed by atoms with Crippen LogP contribution in [0, 0.1) is 0 Å². The van der Waals surface area contributed by atoms with Gasteiger partial charge in [-0.1, -0.05) is 126 Å². The van der Waals surface area contributed by atoms with Crippen molar-refractivity contribution in [1.82, 2.24) is 5.32 Å². The number of hydrogen-bond acceptors (Lipinski definition) is 18. The molecule has 3 fully saturated rings. The van der Waals surface area contributed by atoms with Crippen molar-refractivity contribution in [1.29, 1.82) is 0 Å². The first kappa shape index (κ1) is 63.8. The second kappa shape index (κ2) is 37.3. The molecule has 3 aliphatic heterocycles. The zero-order valence-corrected chi connectivity index (χ0v) is 42.6. The summed E-state index contributed by atoms with van der Waals surface area (Å²) in [5.41, 5.74) is 0. The zero-order chi connectivity index (χ0) is 52.7. The number of hydrogen-bond donors (Lipinski definition) is 12. The van der Waals surface area contributed by atoms with Gasteiger partial charge in [-0.25, -0.2) is 0 Å². The van der Waals surface area contributed by atoms with Crippen molar-refractivity contribution in [3.63, 3.8) is 0 Å². The van der Waals surface area contributed by atoms with Gasteiger partial charge in [0.05, 0.1) is 38.6 Å². The number of aliphatic hydroxyl groups is 11. The third kappa shape index (κ3) is 22.4. The van der Waals surface area contributed by atoms with E-state index in [9.17, 15) is 61.0 Å². The Balaban J connectivity index is 1.54. The molecular weight excluding hydrogens is 939 g/mol. The van der Waals surface area contributed by atoms with Gasteiger partial charge in [0.15, 0.2) is 18.9 Å². The number of allylic oxidation sites excluding steroid dienone is 9. The van der Waals surface area contributed by atoms with Crippen molar-refractivity contribution in [2.24, 2.45) is 0 Å². The van der Waals surface area contributed by atoms with Crippen molar-refractivity contribution in [2.75, 3.05) is 26.4 Å². The Kier molecular flexibility index (Phi) is 33.0. The van der Waals surface area contributed by atoms with Crippen LogP contribution in [0.1, 0.15) is 136 Å². The number of ether oxygens (including phenoxy) is 6. The van der Waals surface area contributed by atoms with Crippen molar-refractivity contribution >= 4 is 5.91 Å². The second-order valence-corrected chi connectivity index (χ2v) is 18.9. The fourth-order valence-electron chi connectivity index (χ4n) is 8.63. The summed E-state index contributed by atoms with van der Waals surface area (Å²) in [6.45, 7) is 1.49. The topological polar surface area (TPSA) is 307 Å². The van der Waals surface area contributed by atoms with Gasteiger partial charge in [-0.3, -0.25) is 4.79 Å². The van der Waals surface area contributed by atoms with Gasteiger partial charge in [0.25, 0.3) is 0 Å². The Hall–Kier alpha value is -2.51. The number of rotatable bonds is 36. The summed E-state index contributed by atoms with van der Waals surface area (Å²) >= 11 is 0. The Morgan fingerprint density at radius 2 is 0.972 bits per heavy atom. The largest absolute Gasteiger partial charge is 0.394 e. The van der Waals surface area contributed by atoms with Crippen LogP contribution in [0.3, 0.4) is 0 Å². The fraction of sp³-hybridized carbons (Fsp3) is 0.792. The maximum atomic E-state index is 13.2. The highest BCUT2D eigenvalue weighted by molar-refractivity contribution is 5.76. The van der Waals surface area contributed by atoms with Crippen LogP contribution in [0.15, 0.2) is 60.8 Å². The van der Waals surface area contributed by atoms with Gasteiger partial charge in [-0.2, -0.15) is 0 Å². The lowest BCUT2D eigenvalue weighted by Gasteiger charge is -2.48. The Morgan fingerprint density at radius 3 is 1.56 bits per heavy atom. The molecule has 0 bridgehead atoms. The van der Waals surface area contributed by atoms with E-state index >= 15 is 0 Å². The van der Waals surface area contributed by atoms with E-state index in [4.69, 9.17) is 28.4 Å². The fourth-order valence-corrected chi connectivity index (χ4v) is 8.63. The van der Waals surface area contributed by atoms with Gasteiger partial charge >= 0.3 is 0 Å². The quantitative estimate of drug-likeness (QED) is 0.0317. The first-order chi connectivity index (χ1) is 34.8. The lowest BCUT2D eigenvalue weighted by molar-refractivity contribution is -0.379. The van der Waals surface area contributed by atoms with E-state index in [0.29, 0.717) is 12.8 Å². The average Bonchev–Trinajstić information content (AvgIpc) is 3.37. The molecule has 0 saturated carbocycles. The monoisotopic (exact) mass is 1030 g/mol. The minimum Gasteiger partial charge on any atom is -0.394 e.